The lowest BCUT2D eigenvalue weighted by Gasteiger charge is -2.08. The molecule has 0 fully saturated rings. The largest absolute Gasteiger partial charge is 0.497 e. The summed E-state index contributed by atoms with van der Waals surface area (Å²) in [5, 5.41) is 1.07. The minimum absolute atomic E-state index is 0.311. The zero-order valence-electron chi connectivity index (χ0n) is 9.85. The maximum Gasteiger partial charge on any atom is 0.128 e. The number of rotatable bonds is 2. The summed E-state index contributed by atoms with van der Waals surface area (Å²) < 4.78 is 20.5. The van der Waals surface area contributed by atoms with Crippen LogP contribution in [0.5, 0.6) is 5.75 Å². The topological polar surface area (TPSA) is 14.2 Å². The molecule has 3 aromatic rings. The number of hydrogen-bond donors (Lipinski definition) is 0. The highest BCUT2D eigenvalue weighted by Gasteiger charge is 2.06. The summed E-state index contributed by atoms with van der Waals surface area (Å²) in [5.74, 6) is 0.197. The molecule has 1 aromatic heterocycles. The summed E-state index contributed by atoms with van der Waals surface area (Å²) in [6, 6.07) is 15.3. The summed E-state index contributed by atoms with van der Waals surface area (Å²) >= 11 is 0. The maximum atomic E-state index is 13.5. The summed E-state index contributed by atoms with van der Waals surface area (Å²) in [5.41, 5.74) is 1.76. The van der Waals surface area contributed by atoms with E-state index in [0.29, 0.717) is 5.75 Å². The first-order chi connectivity index (χ1) is 8.78. The van der Waals surface area contributed by atoms with Crippen molar-refractivity contribution in [3.8, 4) is 11.4 Å². The Hall–Kier alpha value is -2.29. The first-order valence-corrected chi connectivity index (χ1v) is 5.60. The van der Waals surface area contributed by atoms with Gasteiger partial charge in [-0.05, 0) is 30.3 Å². The zero-order chi connectivity index (χ0) is 12.5. The first-order valence-electron chi connectivity index (χ1n) is 5.60. The SMILES string of the molecule is COc1cc(F)cc(-n2ccc3c[c]ccc32)c1. The molecule has 0 unspecified atom stereocenters. The minimum atomic E-state index is -0.311. The molecule has 0 bridgehead atoms. The second-order valence-electron chi connectivity index (χ2n) is 4.02. The van der Waals surface area contributed by atoms with Gasteiger partial charge < -0.3 is 9.30 Å². The number of aromatic nitrogens is 1. The van der Waals surface area contributed by atoms with Crippen LogP contribution < -0.4 is 4.74 Å². The Morgan fingerprint density at radius 2 is 2.11 bits per heavy atom. The molecule has 1 radical (unpaired) electrons. The van der Waals surface area contributed by atoms with E-state index in [9.17, 15) is 4.39 Å². The van der Waals surface area contributed by atoms with Gasteiger partial charge in [-0.15, -0.1) is 0 Å². The van der Waals surface area contributed by atoms with Crippen LogP contribution in [0.3, 0.4) is 0 Å². The van der Waals surface area contributed by atoms with Crippen molar-refractivity contribution >= 4 is 10.9 Å². The highest BCUT2D eigenvalue weighted by Crippen LogP contribution is 2.24. The van der Waals surface area contributed by atoms with Crippen molar-refractivity contribution in [2.45, 2.75) is 0 Å². The van der Waals surface area contributed by atoms with Crippen LogP contribution in [0.15, 0.2) is 48.7 Å². The normalized spacial score (nSPS) is 10.8. The molecule has 2 aromatic carbocycles. The van der Waals surface area contributed by atoms with Crippen LogP contribution in [0.4, 0.5) is 4.39 Å². The highest BCUT2D eigenvalue weighted by atomic mass is 19.1. The van der Waals surface area contributed by atoms with E-state index in [1.807, 2.05) is 35.0 Å². The molecule has 89 valence electrons. The van der Waals surface area contributed by atoms with Gasteiger partial charge in [0.05, 0.1) is 18.3 Å². The monoisotopic (exact) mass is 240 g/mol. The van der Waals surface area contributed by atoms with Crippen LogP contribution in [0.1, 0.15) is 0 Å². The second kappa shape index (κ2) is 4.18. The predicted octanol–water partition coefficient (Wildman–Crippen LogP) is 3.58. The lowest BCUT2D eigenvalue weighted by atomic mass is 10.2. The number of methoxy groups -OCH3 is 1. The van der Waals surface area contributed by atoms with Gasteiger partial charge in [0.2, 0.25) is 0 Å². The van der Waals surface area contributed by atoms with E-state index in [4.69, 9.17) is 4.74 Å². The predicted molar refractivity (Wildman–Crippen MR) is 68.6 cm³/mol. The maximum absolute atomic E-state index is 13.5. The number of nitrogens with zero attached hydrogens (tertiary/aromatic N) is 1. The standard InChI is InChI=1S/C15H11FNO/c1-18-14-9-12(16)8-13(10-14)17-7-6-11-4-2-3-5-15(11)17/h3-10H,1H3. The third kappa shape index (κ3) is 1.74. The molecule has 3 rings (SSSR count). The third-order valence-corrected chi connectivity index (χ3v) is 2.90. The molecule has 3 heteroatoms. The Morgan fingerprint density at radius 1 is 1.22 bits per heavy atom. The number of ether oxygens (including phenoxy) is 1. The van der Waals surface area contributed by atoms with Gasteiger partial charge in [0.15, 0.2) is 0 Å². The quantitative estimate of drug-likeness (QED) is 0.667. The molecule has 0 aliphatic heterocycles. The van der Waals surface area contributed by atoms with E-state index in [1.54, 1.807) is 6.07 Å². The van der Waals surface area contributed by atoms with E-state index in [2.05, 4.69) is 6.07 Å². The number of hydrogen-bond acceptors (Lipinski definition) is 1. The van der Waals surface area contributed by atoms with E-state index < -0.39 is 0 Å². The Bertz CT molecular complexity index is 703. The van der Waals surface area contributed by atoms with Crippen molar-refractivity contribution < 1.29 is 9.13 Å². The van der Waals surface area contributed by atoms with Crippen molar-refractivity contribution in [3.63, 3.8) is 0 Å². The molecule has 18 heavy (non-hydrogen) atoms. The minimum Gasteiger partial charge on any atom is -0.497 e. The molecule has 0 spiro atoms. The average Bonchev–Trinajstić information content (AvgIpc) is 2.81. The summed E-state index contributed by atoms with van der Waals surface area (Å²) in [4.78, 5) is 0. The molecule has 0 saturated carbocycles. The summed E-state index contributed by atoms with van der Waals surface area (Å²) in [6.45, 7) is 0. The molecule has 0 aliphatic carbocycles. The van der Waals surface area contributed by atoms with Gasteiger partial charge in [-0.1, -0.05) is 6.07 Å². The second-order valence-corrected chi connectivity index (χ2v) is 4.02. The molecule has 0 saturated heterocycles. The van der Waals surface area contributed by atoms with E-state index in [-0.39, 0.29) is 5.82 Å². The molecule has 2 nitrogen and oxygen atoms in total. The molecule has 0 amide bonds. The van der Waals surface area contributed by atoms with E-state index in [1.165, 1.54) is 19.2 Å². The van der Waals surface area contributed by atoms with Crippen LogP contribution in [-0.2, 0) is 0 Å². The fourth-order valence-electron chi connectivity index (χ4n) is 2.05. The number of benzene rings is 2. The van der Waals surface area contributed by atoms with E-state index >= 15 is 0 Å². The number of halogens is 1. The fourth-order valence-corrected chi connectivity index (χ4v) is 2.05. The average molecular weight is 240 g/mol. The molecular weight excluding hydrogens is 229 g/mol. The van der Waals surface area contributed by atoms with Gasteiger partial charge in [0.1, 0.15) is 11.6 Å². The smallest absolute Gasteiger partial charge is 0.128 e. The Morgan fingerprint density at radius 3 is 2.94 bits per heavy atom. The molecular formula is C15H11FNO. The Balaban J connectivity index is 2.22. The highest BCUT2D eigenvalue weighted by molar-refractivity contribution is 5.81. The molecule has 0 aliphatic rings. The first kappa shape index (κ1) is 10.8. The third-order valence-electron chi connectivity index (χ3n) is 2.90. The van der Waals surface area contributed by atoms with Crippen molar-refractivity contribution in [1.82, 2.24) is 4.57 Å². The van der Waals surface area contributed by atoms with Crippen LogP contribution >= 0.6 is 0 Å². The van der Waals surface area contributed by atoms with Crippen LogP contribution in [0, 0.1) is 11.9 Å². The van der Waals surface area contributed by atoms with Crippen molar-refractivity contribution in [1.29, 1.82) is 0 Å². The molecule has 1 heterocycles. The lowest BCUT2D eigenvalue weighted by Crippen LogP contribution is -1.94. The van der Waals surface area contributed by atoms with Gasteiger partial charge in [-0.2, -0.15) is 0 Å². The molecule has 0 atom stereocenters. The lowest BCUT2D eigenvalue weighted by molar-refractivity contribution is 0.411. The van der Waals surface area contributed by atoms with Crippen LogP contribution in [0.25, 0.3) is 16.6 Å². The van der Waals surface area contributed by atoms with Gasteiger partial charge in [-0.3, -0.25) is 0 Å². The summed E-state index contributed by atoms with van der Waals surface area (Å²) in [7, 11) is 1.53. The Kier molecular flexibility index (Phi) is 2.52. The van der Waals surface area contributed by atoms with Crippen molar-refractivity contribution in [2.24, 2.45) is 0 Å². The van der Waals surface area contributed by atoms with Gasteiger partial charge in [-0.25, -0.2) is 4.39 Å². The van der Waals surface area contributed by atoms with Crippen LogP contribution in [-0.4, -0.2) is 11.7 Å². The van der Waals surface area contributed by atoms with Gasteiger partial charge >= 0.3 is 0 Å². The zero-order valence-corrected chi connectivity index (χ0v) is 9.85. The van der Waals surface area contributed by atoms with Crippen molar-refractivity contribution in [2.75, 3.05) is 7.11 Å². The van der Waals surface area contributed by atoms with Crippen LogP contribution in [0.2, 0.25) is 0 Å². The fraction of sp³-hybridized carbons (Fsp3) is 0.0667. The van der Waals surface area contributed by atoms with Gasteiger partial charge in [0.25, 0.3) is 0 Å². The van der Waals surface area contributed by atoms with Crippen molar-refractivity contribution in [3.05, 3.63) is 60.5 Å². The van der Waals surface area contributed by atoms with E-state index in [0.717, 1.165) is 16.6 Å². The van der Waals surface area contributed by atoms with Gasteiger partial charge in [0, 0.05) is 23.7 Å². The number of fused-ring (bicyclic) bond motifs is 1. The Labute approximate surface area is 104 Å². The molecule has 0 N–H and O–H groups in total. The summed E-state index contributed by atoms with van der Waals surface area (Å²) in [6.07, 6.45) is 1.91.